The molecule has 1 aromatic heterocycles. The highest BCUT2D eigenvalue weighted by molar-refractivity contribution is 7.99. The van der Waals surface area contributed by atoms with Crippen molar-refractivity contribution in [2.75, 3.05) is 36.5 Å². The summed E-state index contributed by atoms with van der Waals surface area (Å²) in [4.78, 5) is 18.3. The fourth-order valence-corrected chi connectivity index (χ4v) is 2.75. The molecule has 0 saturated carbocycles. The number of hydrogen-bond acceptors (Lipinski definition) is 4. The fourth-order valence-electron chi connectivity index (χ4n) is 1.85. The average Bonchev–Trinajstić information content (AvgIpc) is 2.40. The maximum absolute atomic E-state index is 12.3. The predicted octanol–water partition coefficient (Wildman–Crippen LogP) is 1.70. The Morgan fingerprint density at radius 3 is 3.00 bits per heavy atom. The number of rotatable bonds is 3. The molecule has 2 rings (SSSR count). The van der Waals surface area contributed by atoms with Crippen molar-refractivity contribution < 1.29 is 4.79 Å². The van der Waals surface area contributed by atoms with E-state index in [1.807, 2.05) is 23.6 Å². The third-order valence-corrected chi connectivity index (χ3v) is 3.66. The molecule has 0 bridgehead atoms. The zero-order valence-corrected chi connectivity index (χ0v) is 10.8. The molecule has 92 valence electrons. The number of thioether (sulfide) groups is 1. The predicted molar refractivity (Wildman–Crippen MR) is 71.6 cm³/mol. The van der Waals surface area contributed by atoms with Gasteiger partial charge in [0.1, 0.15) is 0 Å². The van der Waals surface area contributed by atoms with E-state index >= 15 is 0 Å². The second kappa shape index (κ2) is 5.91. The van der Waals surface area contributed by atoms with Crippen LogP contribution < -0.4 is 5.32 Å². The van der Waals surface area contributed by atoms with Crippen LogP contribution in [0.3, 0.4) is 0 Å². The standard InChI is InChI=1S/C12H17N3OS/c1-2-14-11-9-13-4-3-10(11)12(16)15-5-7-17-8-6-15/h3-4,9,14H,2,5-8H2,1H3. The summed E-state index contributed by atoms with van der Waals surface area (Å²) >= 11 is 1.90. The minimum atomic E-state index is 0.114. The Morgan fingerprint density at radius 1 is 1.53 bits per heavy atom. The lowest BCUT2D eigenvalue weighted by Gasteiger charge is -2.27. The molecule has 1 aliphatic heterocycles. The largest absolute Gasteiger partial charge is 0.383 e. The van der Waals surface area contributed by atoms with E-state index in [1.165, 1.54) is 0 Å². The number of carbonyl (C=O) groups is 1. The molecule has 1 aliphatic rings. The van der Waals surface area contributed by atoms with Crippen LogP contribution in [0.1, 0.15) is 17.3 Å². The first-order valence-electron chi connectivity index (χ1n) is 5.88. The quantitative estimate of drug-likeness (QED) is 0.888. The molecule has 4 nitrogen and oxygen atoms in total. The van der Waals surface area contributed by atoms with Gasteiger partial charge in [0, 0.05) is 37.3 Å². The van der Waals surface area contributed by atoms with Crippen molar-refractivity contribution in [2.24, 2.45) is 0 Å². The number of aromatic nitrogens is 1. The minimum Gasteiger partial charge on any atom is -0.383 e. The Morgan fingerprint density at radius 2 is 2.29 bits per heavy atom. The summed E-state index contributed by atoms with van der Waals surface area (Å²) in [7, 11) is 0. The molecular weight excluding hydrogens is 234 g/mol. The number of amides is 1. The molecule has 1 fully saturated rings. The van der Waals surface area contributed by atoms with Gasteiger partial charge in [-0.2, -0.15) is 11.8 Å². The third kappa shape index (κ3) is 2.91. The molecule has 0 spiro atoms. The van der Waals surface area contributed by atoms with Crippen LogP contribution in [0.4, 0.5) is 5.69 Å². The van der Waals surface area contributed by atoms with Gasteiger partial charge in [-0.1, -0.05) is 0 Å². The highest BCUT2D eigenvalue weighted by Crippen LogP contribution is 2.18. The van der Waals surface area contributed by atoms with E-state index in [0.29, 0.717) is 0 Å². The molecule has 0 radical (unpaired) electrons. The van der Waals surface area contributed by atoms with E-state index in [9.17, 15) is 4.79 Å². The van der Waals surface area contributed by atoms with Crippen molar-refractivity contribution in [2.45, 2.75) is 6.92 Å². The average molecular weight is 251 g/mol. The molecule has 1 N–H and O–H groups in total. The Kier molecular flexibility index (Phi) is 4.25. The van der Waals surface area contributed by atoms with E-state index in [2.05, 4.69) is 10.3 Å². The van der Waals surface area contributed by atoms with Crippen LogP contribution in [-0.2, 0) is 0 Å². The summed E-state index contributed by atoms with van der Waals surface area (Å²) in [6.07, 6.45) is 3.39. The maximum Gasteiger partial charge on any atom is 0.256 e. The van der Waals surface area contributed by atoms with Gasteiger partial charge < -0.3 is 10.2 Å². The summed E-state index contributed by atoms with van der Waals surface area (Å²) in [6, 6.07) is 1.79. The molecule has 0 aliphatic carbocycles. The van der Waals surface area contributed by atoms with E-state index in [1.54, 1.807) is 18.5 Å². The SMILES string of the molecule is CCNc1cnccc1C(=O)N1CCSCC1. The van der Waals surface area contributed by atoms with Crippen LogP contribution >= 0.6 is 11.8 Å². The first-order chi connectivity index (χ1) is 8.33. The minimum absolute atomic E-state index is 0.114. The van der Waals surface area contributed by atoms with Gasteiger partial charge in [-0.3, -0.25) is 9.78 Å². The monoisotopic (exact) mass is 251 g/mol. The zero-order chi connectivity index (χ0) is 12.1. The lowest BCUT2D eigenvalue weighted by molar-refractivity contribution is 0.0773. The Labute approximate surface area is 106 Å². The Bertz CT molecular complexity index is 391. The van der Waals surface area contributed by atoms with E-state index in [-0.39, 0.29) is 5.91 Å². The molecule has 1 saturated heterocycles. The number of carbonyl (C=O) groups excluding carboxylic acids is 1. The van der Waals surface area contributed by atoms with Gasteiger partial charge in [-0.25, -0.2) is 0 Å². The van der Waals surface area contributed by atoms with Crippen molar-refractivity contribution in [3.63, 3.8) is 0 Å². The molecular formula is C12H17N3OS. The van der Waals surface area contributed by atoms with Crippen LogP contribution in [0.25, 0.3) is 0 Å². The second-order valence-electron chi connectivity index (χ2n) is 3.86. The summed E-state index contributed by atoms with van der Waals surface area (Å²) < 4.78 is 0. The van der Waals surface area contributed by atoms with Crippen molar-refractivity contribution >= 4 is 23.4 Å². The van der Waals surface area contributed by atoms with Gasteiger partial charge in [0.15, 0.2) is 0 Å². The second-order valence-corrected chi connectivity index (χ2v) is 5.08. The van der Waals surface area contributed by atoms with Crippen molar-refractivity contribution in [1.82, 2.24) is 9.88 Å². The van der Waals surface area contributed by atoms with Gasteiger partial charge >= 0.3 is 0 Å². The van der Waals surface area contributed by atoms with Crippen LogP contribution in [0, 0.1) is 0 Å². The normalized spacial score (nSPS) is 15.7. The van der Waals surface area contributed by atoms with E-state index < -0.39 is 0 Å². The molecule has 2 heterocycles. The summed E-state index contributed by atoms with van der Waals surface area (Å²) in [5.41, 5.74) is 1.56. The highest BCUT2D eigenvalue weighted by Gasteiger charge is 2.20. The lowest BCUT2D eigenvalue weighted by Crippen LogP contribution is -2.38. The number of anilines is 1. The van der Waals surface area contributed by atoms with Gasteiger partial charge in [0.25, 0.3) is 5.91 Å². The maximum atomic E-state index is 12.3. The topological polar surface area (TPSA) is 45.2 Å². The third-order valence-electron chi connectivity index (χ3n) is 2.72. The van der Waals surface area contributed by atoms with Gasteiger partial charge in [-0.15, -0.1) is 0 Å². The molecule has 17 heavy (non-hydrogen) atoms. The van der Waals surface area contributed by atoms with Crippen LogP contribution in [0.5, 0.6) is 0 Å². The van der Waals surface area contributed by atoms with Crippen molar-refractivity contribution in [3.8, 4) is 0 Å². The van der Waals surface area contributed by atoms with Crippen molar-refractivity contribution in [1.29, 1.82) is 0 Å². The molecule has 0 atom stereocenters. The van der Waals surface area contributed by atoms with Crippen LogP contribution in [0.2, 0.25) is 0 Å². The van der Waals surface area contributed by atoms with Gasteiger partial charge in [-0.05, 0) is 13.0 Å². The summed E-state index contributed by atoms with van der Waals surface area (Å²) in [5.74, 6) is 2.18. The lowest BCUT2D eigenvalue weighted by atomic mass is 10.2. The number of nitrogens with zero attached hydrogens (tertiary/aromatic N) is 2. The highest BCUT2D eigenvalue weighted by atomic mass is 32.2. The Balaban J connectivity index is 2.17. The van der Waals surface area contributed by atoms with Crippen LogP contribution in [-0.4, -0.2) is 46.9 Å². The number of pyridine rings is 1. The Hall–Kier alpha value is -1.23. The first kappa shape index (κ1) is 12.2. The zero-order valence-electron chi connectivity index (χ0n) is 9.98. The molecule has 0 aromatic carbocycles. The van der Waals surface area contributed by atoms with E-state index in [4.69, 9.17) is 0 Å². The summed E-state index contributed by atoms with van der Waals surface area (Å²) in [5, 5.41) is 3.18. The summed E-state index contributed by atoms with van der Waals surface area (Å²) in [6.45, 7) is 4.50. The molecule has 1 amide bonds. The van der Waals surface area contributed by atoms with Crippen molar-refractivity contribution in [3.05, 3.63) is 24.0 Å². The van der Waals surface area contributed by atoms with Crippen LogP contribution in [0.15, 0.2) is 18.5 Å². The number of hydrogen-bond donors (Lipinski definition) is 1. The molecule has 1 aromatic rings. The number of nitrogens with one attached hydrogen (secondary N) is 1. The molecule has 0 unspecified atom stereocenters. The van der Waals surface area contributed by atoms with Gasteiger partial charge in [0.2, 0.25) is 0 Å². The van der Waals surface area contributed by atoms with E-state index in [0.717, 1.165) is 42.4 Å². The fraction of sp³-hybridized carbons (Fsp3) is 0.500. The van der Waals surface area contributed by atoms with Gasteiger partial charge in [0.05, 0.1) is 17.4 Å². The first-order valence-corrected chi connectivity index (χ1v) is 7.03. The smallest absolute Gasteiger partial charge is 0.256 e. The molecule has 5 heteroatoms.